The van der Waals surface area contributed by atoms with Crippen LogP contribution in [0.2, 0.25) is 10.0 Å². The largest absolute Gasteiger partial charge is 0.340 e. The van der Waals surface area contributed by atoms with Crippen molar-refractivity contribution in [1.82, 2.24) is 4.57 Å². The van der Waals surface area contributed by atoms with Crippen molar-refractivity contribution >= 4 is 39.9 Å². The van der Waals surface area contributed by atoms with E-state index in [9.17, 15) is 9.18 Å². The van der Waals surface area contributed by atoms with E-state index in [1.165, 1.54) is 12.1 Å². The van der Waals surface area contributed by atoms with Crippen LogP contribution in [-0.4, -0.2) is 10.4 Å². The van der Waals surface area contributed by atoms with E-state index in [0.717, 1.165) is 10.9 Å². The second-order valence-corrected chi connectivity index (χ2v) is 5.54. The Kier molecular flexibility index (Phi) is 3.70. The van der Waals surface area contributed by atoms with Gasteiger partial charge in [0.05, 0.1) is 11.6 Å². The summed E-state index contributed by atoms with van der Waals surface area (Å²) in [6.45, 7) is 0.120. The fourth-order valence-corrected chi connectivity index (χ4v) is 2.65. The normalized spacial score (nSPS) is 11.0. The Labute approximate surface area is 130 Å². The van der Waals surface area contributed by atoms with E-state index in [0.29, 0.717) is 15.6 Å². The van der Waals surface area contributed by atoms with E-state index in [1.807, 2.05) is 0 Å². The van der Waals surface area contributed by atoms with Crippen LogP contribution in [0, 0.1) is 5.82 Å². The molecule has 0 aliphatic carbocycles. The van der Waals surface area contributed by atoms with Gasteiger partial charge in [-0.05, 0) is 42.5 Å². The van der Waals surface area contributed by atoms with Crippen molar-refractivity contribution in [2.24, 2.45) is 0 Å². The van der Waals surface area contributed by atoms with Gasteiger partial charge in [-0.2, -0.15) is 0 Å². The molecule has 0 atom stereocenters. The van der Waals surface area contributed by atoms with E-state index >= 15 is 0 Å². The first-order chi connectivity index (χ1) is 10.0. The number of hydrogen-bond acceptors (Lipinski definition) is 1. The van der Waals surface area contributed by atoms with Gasteiger partial charge in [-0.15, -0.1) is 0 Å². The molecule has 0 saturated carbocycles. The lowest BCUT2D eigenvalue weighted by Crippen LogP contribution is -2.10. The lowest BCUT2D eigenvalue weighted by Gasteiger charge is -2.07. The molecule has 5 heteroatoms. The number of carbonyl (C=O) groups excluding carboxylic acids is 1. The summed E-state index contributed by atoms with van der Waals surface area (Å²) in [6, 6.07) is 11.0. The van der Waals surface area contributed by atoms with Crippen LogP contribution < -0.4 is 0 Å². The van der Waals surface area contributed by atoms with Crippen molar-refractivity contribution in [3.8, 4) is 0 Å². The van der Waals surface area contributed by atoms with Gasteiger partial charge in [0.25, 0.3) is 0 Å². The highest BCUT2D eigenvalue weighted by molar-refractivity contribution is 6.35. The van der Waals surface area contributed by atoms with E-state index in [2.05, 4.69) is 0 Å². The highest BCUT2D eigenvalue weighted by Crippen LogP contribution is 2.23. The summed E-state index contributed by atoms with van der Waals surface area (Å²) in [7, 11) is 0. The van der Waals surface area contributed by atoms with Crippen molar-refractivity contribution in [3.05, 3.63) is 70.1 Å². The first-order valence-corrected chi connectivity index (χ1v) is 7.03. The van der Waals surface area contributed by atoms with E-state index < -0.39 is 0 Å². The maximum absolute atomic E-state index is 13.2. The fraction of sp³-hybridized carbons (Fsp3) is 0.0625. The fourth-order valence-electron chi connectivity index (χ4n) is 2.26. The molecule has 0 fully saturated rings. The maximum atomic E-state index is 13.2. The van der Waals surface area contributed by atoms with Crippen molar-refractivity contribution < 1.29 is 9.18 Å². The molecule has 106 valence electrons. The molecule has 0 saturated heterocycles. The molecule has 0 amide bonds. The van der Waals surface area contributed by atoms with Gasteiger partial charge in [-0.3, -0.25) is 4.79 Å². The Bertz CT molecular complexity index is 841. The average Bonchev–Trinajstić information content (AvgIpc) is 2.83. The first kappa shape index (κ1) is 14.1. The third-order valence-electron chi connectivity index (χ3n) is 3.28. The molecule has 0 unspecified atom stereocenters. The number of fused-ring (bicyclic) bond motifs is 1. The molecule has 1 heterocycles. The Balaban J connectivity index is 1.95. The minimum Gasteiger partial charge on any atom is -0.340 e. The topological polar surface area (TPSA) is 22.0 Å². The molecular formula is C16H10Cl2FNO. The van der Waals surface area contributed by atoms with Gasteiger partial charge in [0.2, 0.25) is 0 Å². The smallest absolute Gasteiger partial charge is 0.184 e. The predicted octanol–water partition coefficient (Wildman–Crippen LogP) is 4.97. The van der Waals surface area contributed by atoms with Gasteiger partial charge in [0.15, 0.2) is 5.78 Å². The minimum absolute atomic E-state index is 0.120. The molecule has 0 radical (unpaired) electrons. The summed E-state index contributed by atoms with van der Waals surface area (Å²) >= 11 is 11.9. The number of ketones is 1. The summed E-state index contributed by atoms with van der Waals surface area (Å²) in [5, 5.41) is 1.58. The van der Waals surface area contributed by atoms with Crippen LogP contribution in [0.1, 0.15) is 10.4 Å². The van der Waals surface area contributed by atoms with Gasteiger partial charge in [0, 0.05) is 27.7 Å². The van der Waals surface area contributed by atoms with Gasteiger partial charge in [-0.25, -0.2) is 4.39 Å². The zero-order valence-electron chi connectivity index (χ0n) is 10.8. The van der Waals surface area contributed by atoms with Gasteiger partial charge < -0.3 is 4.57 Å². The first-order valence-electron chi connectivity index (χ1n) is 6.27. The zero-order chi connectivity index (χ0) is 15.0. The Morgan fingerprint density at radius 3 is 2.71 bits per heavy atom. The zero-order valence-corrected chi connectivity index (χ0v) is 12.3. The number of carbonyl (C=O) groups is 1. The predicted molar refractivity (Wildman–Crippen MR) is 82.7 cm³/mol. The van der Waals surface area contributed by atoms with Crippen molar-refractivity contribution in [2.45, 2.75) is 6.54 Å². The number of benzene rings is 2. The molecule has 3 aromatic rings. The summed E-state index contributed by atoms with van der Waals surface area (Å²) in [4.78, 5) is 12.4. The van der Waals surface area contributed by atoms with Crippen LogP contribution in [0.3, 0.4) is 0 Å². The van der Waals surface area contributed by atoms with E-state index in [4.69, 9.17) is 23.2 Å². The molecule has 0 aliphatic heterocycles. The van der Waals surface area contributed by atoms with Crippen LogP contribution in [0.4, 0.5) is 4.39 Å². The standard InChI is InChI=1S/C16H10Cl2FNO/c17-11-1-3-14(18)13(8-11)16(21)9-20-6-5-10-7-12(19)2-4-15(10)20/h1-8H,9H2. The Hall–Kier alpha value is -1.84. The summed E-state index contributed by atoms with van der Waals surface area (Å²) in [6.07, 6.45) is 1.75. The van der Waals surface area contributed by atoms with Crippen molar-refractivity contribution in [1.29, 1.82) is 0 Å². The second-order valence-electron chi connectivity index (χ2n) is 4.69. The SMILES string of the molecule is O=C(Cn1ccc2cc(F)ccc21)c1cc(Cl)ccc1Cl. The average molecular weight is 322 g/mol. The highest BCUT2D eigenvalue weighted by atomic mass is 35.5. The van der Waals surface area contributed by atoms with Crippen molar-refractivity contribution in [2.75, 3.05) is 0 Å². The number of rotatable bonds is 3. The van der Waals surface area contributed by atoms with Crippen LogP contribution in [0.15, 0.2) is 48.7 Å². The number of hydrogen-bond donors (Lipinski definition) is 0. The maximum Gasteiger partial charge on any atom is 0.184 e. The van der Waals surface area contributed by atoms with Crippen LogP contribution in [0.5, 0.6) is 0 Å². The summed E-state index contributed by atoms with van der Waals surface area (Å²) in [5.74, 6) is -0.450. The summed E-state index contributed by atoms with van der Waals surface area (Å²) < 4.78 is 14.9. The van der Waals surface area contributed by atoms with Gasteiger partial charge in [0.1, 0.15) is 5.82 Å². The highest BCUT2D eigenvalue weighted by Gasteiger charge is 2.13. The second kappa shape index (κ2) is 5.51. The lowest BCUT2D eigenvalue weighted by molar-refractivity contribution is 0.0974. The monoisotopic (exact) mass is 321 g/mol. The summed E-state index contributed by atoms with van der Waals surface area (Å²) in [5.41, 5.74) is 1.18. The van der Waals surface area contributed by atoms with Crippen LogP contribution >= 0.6 is 23.2 Å². The quantitative estimate of drug-likeness (QED) is 0.624. The molecule has 2 aromatic carbocycles. The molecule has 0 spiro atoms. The molecule has 2 nitrogen and oxygen atoms in total. The lowest BCUT2D eigenvalue weighted by atomic mass is 10.1. The van der Waals surface area contributed by atoms with Crippen LogP contribution in [-0.2, 0) is 6.54 Å². The van der Waals surface area contributed by atoms with Gasteiger partial charge >= 0.3 is 0 Å². The molecule has 3 rings (SSSR count). The molecule has 0 bridgehead atoms. The van der Waals surface area contributed by atoms with E-state index in [1.54, 1.807) is 41.1 Å². The molecular weight excluding hydrogens is 312 g/mol. The third-order valence-corrected chi connectivity index (χ3v) is 3.84. The Morgan fingerprint density at radius 2 is 1.90 bits per heavy atom. The van der Waals surface area contributed by atoms with Crippen LogP contribution in [0.25, 0.3) is 10.9 Å². The molecule has 1 aromatic heterocycles. The minimum atomic E-state index is -0.301. The molecule has 0 N–H and O–H groups in total. The number of Topliss-reactive ketones (excluding diaryl/α,β-unsaturated/α-hetero) is 1. The number of halogens is 3. The number of nitrogens with zero attached hydrogens (tertiary/aromatic N) is 1. The molecule has 0 aliphatic rings. The van der Waals surface area contributed by atoms with Gasteiger partial charge in [-0.1, -0.05) is 23.2 Å². The third kappa shape index (κ3) is 2.80. The Morgan fingerprint density at radius 1 is 1.10 bits per heavy atom. The van der Waals surface area contributed by atoms with Crippen molar-refractivity contribution in [3.63, 3.8) is 0 Å². The molecule has 21 heavy (non-hydrogen) atoms. The number of aromatic nitrogens is 1. The van der Waals surface area contributed by atoms with E-state index in [-0.39, 0.29) is 18.1 Å².